The van der Waals surface area contributed by atoms with Gasteiger partial charge in [-0.2, -0.15) is 0 Å². The molecule has 0 spiro atoms. The molecule has 1 aliphatic carbocycles. The molecule has 1 aliphatic rings. The maximum atomic E-state index is 14.1. The first-order chi connectivity index (χ1) is 12.0. The first-order valence-corrected chi connectivity index (χ1v) is 9.11. The Morgan fingerprint density at radius 3 is 2.88 bits per heavy atom. The van der Waals surface area contributed by atoms with Crippen LogP contribution in [0.1, 0.15) is 38.8 Å². The number of hydrogen-bond donors (Lipinski definition) is 0. The van der Waals surface area contributed by atoms with Gasteiger partial charge in [-0.15, -0.1) is 11.3 Å². The molecule has 1 heterocycles. The van der Waals surface area contributed by atoms with E-state index in [0.717, 1.165) is 24.8 Å². The molecule has 0 N–H and O–H groups in total. The van der Waals surface area contributed by atoms with E-state index < -0.39 is 5.82 Å². The van der Waals surface area contributed by atoms with Gasteiger partial charge in [0.05, 0.1) is 11.4 Å². The van der Waals surface area contributed by atoms with Crippen LogP contribution in [-0.4, -0.2) is 16.7 Å². The van der Waals surface area contributed by atoms with Crippen LogP contribution in [-0.2, 0) is 9.59 Å². The lowest BCUT2D eigenvalue weighted by atomic mass is 9.85. The van der Waals surface area contributed by atoms with Gasteiger partial charge in [0.25, 0.3) is 0 Å². The number of anilines is 2. The Balaban J connectivity index is 1.93. The zero-order valence-electron chi connectivity index (χ0n) is 14.2. The first kappa shape index (κ1) is 17.5. The number of carbonyl (C=O) groups is 2. The van der Waals surface area contributed by atoms with Gasteiger partial charge in [-0.3, -0.25) is 14.5 Å². The number of allylic oxidation sites excluding steroid dienone is 1. The smallest absolute Gasteiger partial charge is 0.230 e. The van der Waals surface area contributed by atoms with E-state index in [1.807, 2.05) is 6.92 Å². The molecule has 0 radical (unpaired) electrons. The van der Waals surface area contributed by atoms with Crippen molar-refractivity contribution in [3.63, 3.8) is 0 Å². The molecular formula is C19H19FN2O2S. The van der Waals surface area contributed by atoms with E-state index in [2.05, 4.69) is 4.98 Å². The van der Waals surface area contributed by atoms with Crippen molar-refractivity contribution in [1.82, 2.24) is 4.98 Å². The number of Topliss-reactive ketones (excluding diaryl/α,β-unsaturated/α-hetero) is 1. The maximum Gasteiger partial charge on any atom is 0.230 e. The quantitative estimate of drug-likeness (QED) is 0.745. The van der Waals surface area contributed by atoms with Crippen molar-refractivity contribution in [2.24, 2.45) is 5.92 Å². The molecule has 1 aromatic heterocycles. The fraction of sp³-hybridized carbons (Fsp3) is 0.316. The standard InChI is InChI=1S/C19H19FN2O2S/c1-12-6-5-7-14(18(12)24)10-15-11-25-19(21-15)22(13(2)23)17-9-4-3-8-16(17)20/h3-4,8-12H,5-7H2,1-2H3/b14-10-/t12-/m1/s1. The fourth-order valence-corrected chi connectivity index (χ4v) is 3.81. The molecule has 3 rings (SSSR count). The Bertz CT molecular complexity index is 843. The number of hydrogen-bond acceptors (Lipinski definition) is 4. The number of nitrogens with zero attached hydrogens (tertiary/aromatic N) is 2. The maximum absolute atomic E-state index is 14.1. The van der Waals surface area contributed by atoms with Crippen LogP contribution in [0.4, 0.5) is 15.2 Å². The van der Waals surface area contributed by atoms with Gasteiger partial charge in [-0.05, 0) is 43.0 Å². The highest BCUT2D eigenvalue weighted by atomic mass is 32.1. The van der Waals surface area contributed by atoms with Crippen LogP contribution in [0.2, 0.25) is 0 Å². The summed E-state index contributed by atoms with van der Waals surface area (Å²) in [5.74, 6) is -0.589. The molecule has 2 aromatic rings. The number of ketones is 1. The predicted molar refractivity (Wildman–Crippen MR) is 97.3 cm³/mol. The number of rotatable bonds is 3. The molecule has 25 heavy (non-hydrogen) atoms. The third-order valence-corrected chi connectivity index (χ3v) is 5.12. The second-order valence-corrected chi connectivity index (χ2v) is 7.02. The lowest BCUT2D eigenvalue weighted by molar-refractivity contribution is -0.120. The molecule has 130 valence electrons. The first-order valence-electron chi connectivity index (χ1n) is 8.23. The summed E-state index contributed by atoms with van der Waals surface area (Å²) in [6.07, 6.45) is 4.45. The Kier molecular flexibility index (Phi) is 5.08. The minimum atomic E-state index is -0.482. The molecule has 0 saturated heterocycles. The largest absolute Gasteiger partial charge is 0.294 e. The van der Waals surface area contributed by atoms with Crippen molar-refractivity contribution < 1.29 is 14.0 Å². The minimum Gasteiger partial charge on any atom is -0.294 e. The SMILES string of the molecule is CC(=O)N(c1nc(/C=C2/CCC[C@@H](C)C2=O)cs1)c1ccccc1F. The average molecular weight is 358 g/mol. The highest BCUT2D eigenvalue weighted by Gasteiger charge is 2.24. The second-order valence-electron chi connectivity index (χ2n) is 6.19. The Labute approximate surface area is 150 Å². The van der Waals surface area contributed by atoms with Crippen molar-refractivity contribution in [3.8, 4) is 0 Å². The highest BCUT2D eigenvalue weighted by molar-refractivity contribution is 7.14. The molecule has 1 fully saturated rings. The monoisotopic (exact) mass is 358 g/mol. The minimum absolute atomic E-state index is 0.0465. The van der Waals surface area contributed by atoms with E-state index >= 15 is 0 Å². The van der Waals surface area contributed by atoms with Crippen molar-refractivity contribution in [2.75, 3.05) is 4.90 Å². The molecule has 1 aromatic carbocycles. The Morgan fingerprint density at radius 2 is 2.16 bits per heavy atom. The van der Waals surface area contributed by atoms with Crippen LogP contribution in [0.15, 0.2) is 35.2 Å². The number of halogens is 1. The van der Waals surface area contributed by atoms with Crippen LogP contribution < -0.4 is 4.90 Å². The number of amides is 1. The molecule has 6 heteroatoms. The second kappa shape index (κ2) is 7.27. The summed E-state index contributed by atoms with van der Waals surface area (Å²) in [6, 6.07) is 6.10. The van der Waals surface area contributed by atoms with Gasteiger partial charge in [0, 0.05) is 18.2 Å². The molecule has 1 atom stereocenters. The summed E-state index contributed by atoms with van der Waals surface area (Å²) in [7, 11) is 0. The molecule has 1 amide bonds. The van der Waals surface area contributed by atoms with Crippen molar-refractivity contribution >= 4 is 39.9 Å². The molecule has 0 aliphatic heterocycles. The topological polar surface area (TPSA) is 50.3 Å². The third-order valence-electron chi connectivity index (χ3n) is 4.28. The summed E-state index contributed by atoms with van der Waals surface area (Å²) in [5.41, 5.74) is 1.57. The third kappa shape index (κ3) is 3.69. The van der Waals surface area contributed by atoms with Gasteiger partial charge in [0.2, 0.25) is 5.91 Å². The van der Waals surface area contributed by atoms with Gasteiger partial charge < -0.3 is 0 Å². The summed E-state index contributed by atoms with van der Waals surface area (Å²) < 4.78 is 14.1. The highest BCUT2D eigenvalue weighted by Crippen LogP contribution is 2.32. The number of para-hydroxylation sites is 1. The predicted octanol–water partition coefficient (Wildman–Crippen LogP) is 4.74. The summed E-state index contributed by atoms with van der Waals surface area (Å²) >= 11 is 1.25. The summed E-state index contributed by atoms with van der Waals surface area (Å²) in [4.78, 5) is 30.0. The zero-order chi connectivity index (χ0) is 18.0. The molecule has 0 bridgehead atoms. The van der Waals surface area contributed by atoms with Crippen molar-refractivity contribution in [1.29, 1.82) is 0 Å². The number of carbonyl (C=O) groups excluding carboxylic acids is 2. The zero-order valence-corrected chi connectivity index (χ0v) is 15.0. The number of aromatic nitrogens is 1. The molecule has 4 nitrogen and oxygen atoms in total. The van der Waals surface area contributed by atoms with Crippen molar-refractivity contribution in [2.45, 2.75) is 33.1 Å². The summed E-state index contributed by atoms with van der Waals surface area (Å²) in [6.45, 7) is 3.32. The normalized spacial score (nSPS) is 19.2. The van der Waals surface area contributed by atoms with Gasteiger partial charge in [0.1, 0.15) is 5.82 Å². The van der Waals surface area contributed by atoms with Gasteiger partial charge in [-0.1, -0.05) is 19.1 Å². The van der Waals surface area contributed by atoms with Crippen LogP contribution >= 0.6 is 11.3 Å². The van der Waals surface area contributed by atoms with E-state index in [4.69, 9.17) is 0 Å². The van der Waals surface area contributed by atoms with E-state index in [9.17, 15) is 14.0 Å². The Hall–Kier alpha value is -2.34. The lowest BCUT2D eigenvalue weighted by Gasteiger charge is -2.19. The lowest BCUT2D eigenvalue weighted by Crippen LogP contribution is -2.23. The van der Waals surface area contributed by atoms with Crippen molar-refractivity contribution in [3.05, 3.63) is 46.7 Å². The summed E-state index contributed by atoms with van der Waals surface area (Å²) in [5, 5.41) is 2.17. The van der Waals surface area contributed by atoms with Gasteiger partial charge >= 0.3 is 0 Å². The number of benzene rings is 1. The van der Waals surface area contributed by atoms with Crippen LogP contribution in [0.5, 0.6) is 0 Å². The van der Waals surface area contributed by atoms with E-state index in [-0.39, 0.29) is 23.3 Å². The van der Waals surface area contributed by atoms with Crippen LogP contribution in [0.25, 0.3) is 6.08 Å². The fourth-order valence-electron chi connectivity index (χ4n) is 2.98. The van der Waals surface area contributed by atoms with E-state index in [1.165, 1.54) is 29.2 Å². The molecular weight excluding hydrogens is 339 g/mol. The Morgan fingerprint density at radius 1 is 1.40 bits per heavy atom. The van der Waals surface area contributed by atoms with E-state index in [1.54, 1.807) is 29.7 Å². The van der Waals surface area contributed by atoms with Gasteiger partial charge in [-0.25, -0.2) is 9.37 Å². The van der Waals surface area contributed by atoms with Crippen LogP contribution in [0.3, 0.4) is 0 Å². The molecule has 1 saturated carbocycles. The molecule has 0 unspecified atom stereocenters. The van der Waals surface area contributed by atoms with Crippen LogP contribution in [0, 0.1) is 11.7 Å². The number of thiazole rings is 1. The van der Waals surface area contributed by atoms with E-state index in [0.29, 0.717) is 10.8 Å². The van der Waals surface area contributed by atoms with Gasteiger partial charge in [0.15, 0.2) is 10.9 Å². The average Bonchev–Trinajstić information content (AvgIpc) is 3.02.